The number of carbonyl (C=O) groups excluding carboxylic acids is 1. The lowest BCUT2D eigenvalue weighted by atomic mass is 9.94. The minimum atomic E-state index is 0. The van der Waals surface area contributed by atoms with E-state index in [1.54, 1.807) is 11.0 Å². The number of nitrogens with two attached hydrogens (primary N) is 1. The molecule has 3 atom stereocenters. The van der Waals surface area contributed by atoms with Crippen molar-refractivity contribution in [2.75, 3.05) is 13.6 Å². The second-order valence-corrected chi connectivity index (χ2v) is 6.59. The van der Waals surface area contributed by atoms with E-state index in [-0.39, 0.29) is 30.3 Å². The van der Waals surface area contributed by atoms with E-state index in [4.69, 9.17) is 5.73 Å². The number of rotatable bonds is 5. The molecule has 1 heterocycles. The lowest BCUT2D eigenvalue weighted by Gasteiger charge is -2.30. The van der Waals surface area contributed by atoms with Crippen molar-refractivity contribution >= 4 is 18.3 Å². The maximum absolute atomic E-state index is 12.8. The molecule has 0 bridgehead atoms. The Hall–Kier alpha value is -1.92. The van der Waals surface area contributed by atoms with Crippen LogP contribution in [0.2, 0.25) is 0 Å². The zero-order valence-electron chi connectivity index (χ0n) is 14.7. The summed E-state index contributed by atoms with van der Waals surface area (Å²) < 4.78 is 1.72. The summed E-state index contributed by atoms with van der Waals surface area (Å²) in [6.07, 6.45) is 6.32. The molecule has 2 aromatic rings. The van der Waals surface area contributed by atoms with E-state index in [2.05, 4.69) is 17.0 Å². The van der Waals surface area contributed by atoms with Gasteiger partial charge in [0.05, 0.1) is 11.7 Å². The molecule has 3 rings (SSSR count). The lowest BCUT2D eigenvalue weighted by molar-refractivity contribution is -0.137. The van der Waals surface area contributed by atoms with Crippen LogP contribution in [0.4, 0.5) is 0 Å². The van der Waals surface area contributed by atoms with Crippen LogP contribution in [0.5, 0.6) is 0 Å². The normalized spacial score (nSPS) is 20.8. The Labute approximate surface area is 154 Å². The fourth-order valence-electron chi connectivity index (χ4n) is 3.57. The van der Waals surface area contributed by atoms with Gasteiger partial charge in [-0.3, -0.25) is 4.79 Å². The van der Waals surface area contributed by atoms with E-state index in [1.807, 2.05) is 36.2 Å². The first-order chi connectivity index (χ1) is 11.6. The molecule has 0 spiro atoms. The highest BCUT2D eigenvalue weighted by molar-refractivity contribution is 5.85. The summed E-state index contributed by atoms with van der Waals surface area (Å²) in [6.45, 7) is 2.67. The minimum Gasteiger partial charge on any atom is -0.339 e. The molecule has 2 N–H and O–H groups in total. The maximum Gasteiger partial charge on any atom is 0.226 e. The molecule has 1 fully saturated rings. The minimum absolute atomic E-state index is 0. The highest BCUT2D eigenvalue weighted by Gasteiger charge is 2.35. The first kappa shape index (κ1) is 19.4. The predicted octanol–water partition coefficient (Wildman–Crippen LogP) is 2.58. The van der Waals surface area contributed by atoms with Crippen LogP contribution in [0.1, 0.15) is 37.8 Å². The molecule has 1 saturated carbocycles. The van der Waals surface area contributed by atoms with Crippen LogP contribution < -0.4 is 5.73 Å². The Morgan fingerprint density at radius 1 is 1.36 bits per heavy atom. The monoisotopic (exact) mass is 363 g/mol. The van der Waals surface area contributed by atoms with Crippen molar-refractivity contribution in [3.05, 3.63) is 42.5 Å². The number of benzene rings is 1. The number of nitrogens with zero attached hydrogens (tertiary/aromatic N) is 4. The van der Waals surface area contributed by atoms with Gasteiger partial charge in [0.1, 0.15) is 12.7 Å². The van der Waals surface area contributed by atoms with Crippen LogP contribution in [0.3, 0.4) is 0 Å². The molecule has 7 heteroatoms. The molecule has 25 heavy (non-hydrogen) atoms. The molecule has 0 aliphatic heterocycles. The van der Waals surface area contributed by atoms with Crippen molar-refractivity contribution in [1.29, 1.82) is 0 Å². The third kappa shape index (κ3) is 4.02. The van der Waals surface area contributed by atoms with Gasteiger partial charge in [-0.1, -0.05) is 18.6 Å². The zero-order chi connectivity index (χ0) is 17.1. The van der Waals surface area contributed by atoms with Crippen LogP contribution in [0.15, 0.2) is 36.9 Å². The molecule has 6 nitrogen and oxygen atoms in total. The molecule has 1 aliphatic carbocycles. The first-order valence-corrected chi connectivity index (χ1v) is 8.53. The second-order valence-electron chi connectivity index (χ2n) is 6.59. The van der Waals surface area contributed by atoms with Gasteiger partial charge in [0.25, 0.3) is 0 Å². The summed E-state index contributed by atoms with van der Waals surface area (Å²) in [5, 5.41) is 4.12. The van der Waals surface area contributed by atoms with Gasteiger partial charge in [0.2, 0.25) is 5.91 Å². The fraction of sp³-hybridized carbons (Fsp3) is 0.500. The van der Waals surface area contributed by atoms with Crippen molar-refractivity contribution in [1.82, 2.24) is 19.7 Å². The average molecular weight is 364 g/mol. The van der Waals surface area contributed by atoms with Crippen LogP contribution in [0, 0.1) is 11.8 Å². The van der Waals surface area contributed by atoms with E-state index >= 15 is 0 Å². The number of amides is 1. The third-order valence-electron chi connectivity index (χ3n) is 5.27. The van der Waals surface area contributed by atoms with Crippen molar-refractivity contribution in [2.24, 2.45) is 17.6 Å². The van der Waals surface area contributed by atoms with E-state index in [1.165, 1.54) is 6.33 Å². The summed E-state index contributed by atoms with van der Waals surface area (Å²) in [5.74, 6) is 0.634. The summed E-state index contributed by atoms with van der Waals surface area (Å²) in [5.41, 5.74) is 7.89. The second kappa shape index (κ2) is 8.45. The molecule has 1 aromatic heterocycles. The summed E-state index contributed by atoms with van der Waals surface area (Å²) in [4.78, 5) is 18.7. The van der Waals surface area contributed by atoms with E-state index in [0.717, 1.165) is 30.5 Å². The summed E-state index contributed by atoms with van der Waals surface area (Å²) in [7, 11) is 1.89. The standard InChI is InChI=1S/C18H25N5O.ClH/c1-13(22(2)18(24)17-5-3-4-15(17)10-19)14-6-8-16(9-7-14)23-12-20-11-21-23;/h6-9,11-13,15,17H,3-5,10,19H2,1-2H3;1H/t13?,15-,17-;/m1./s1. The Bertz CT molecular complexity index is 673. The molecule has 0 radical (unpaired) electrons. The van der Waals surface area contributed by atoms with Gasteiger partial charge in [-0.2, -0.15) is 5.10 Å². The average Bonchev–Trinajstić information content (AvgIpc) is 3.31. The van der Waals surface area contributed by atoms with Gasteiger partial charge in [0.15, 0.2) is 0 Å². The molecule has 1 unspecified atom stereocenters. The first-order valence-electron chi connectivity index (χ1n) is 8.53. The SMILES string of the molecule is CC(c1ccc(-n2cncn2)cc1)N(C)C(=O)[C@@H]1CCC[C@@H]1CN.Cl. The molecule has 1 aliphatic rings. The Kier molecular flexibility index (Phi) is 6.56. The number of carbonyl (C=O) groups is 1. The molecule has 1 amide bonds. The van der Waals surface area contributed by atoms with Gasteiger partial charge in [-0.05, 0) is 49.9 Å². The quantitative estimate of drug-likeness (QED) is 0.885. The third-order valence-corrected chi connectivity index (χ3v) is 5.27. The van der Waals surface area contributed by atoms with Gasteiger partial charge < -0.3 is 10.6 Å². The van der Waals surface area contributed by atoms with Gasteiger partial charge in [-0.15, -0.1) is 12.4 Å². The van der Waals surface area contributed by atoms with Gasteiger partial charge in [0, 0.05) is 13.0 Å². The molecule has 0 saturated heterocycles. The van der Waals surface area contributed by atoms with Crippen LogP contribution in [-0.2, 0) is 4.79 Å². The molecule has 136 valence electrons. The number of halogens is 1. The van der Waals surface area contributed by atoms with Crippen LogP contribution >= 0.6 is 12.4 Å². The van der Waals surface area contributed by atoms with Crippen molar-refractivity contribution in [2.45, 2.75) is 32.2 Å². The van der Waals surface area contributed by atoms with Crippen molar-refractivity contribution in [3.63, 3.8) is 0 Å². The Morgan fingerprint density at radius 2 is 2.08 bits per heavy atom. The molecular weight excluding hydrogens is 338 g/mol. The van der Waals surface area contributed by atoms with E-state index in [0.29, 0.717) is 12.5 Å². The topological polar surface area (TPSA) is 77.0 Å². The lowest BCUT2D eigenvalue weighted by Crippen LogP contribution is -2.38. The smallest absolute Gasteiger partial charge is 0.226 e. The Balaban J connectivity index is 0.00000225. The van der Waals surface area contributed by atoms with Gasteiger partial charge in [-0.25, -0.2) is 9.67 Å². The highest BCUT2D eigenvalue weighted by atomic mass is 35.5. The van der Waals surface area contributed by atoms with Crippen LogP contribution in [0.25, 0.3) is 5.69 Å². The molecule has 1 aromatic carbocycles. The number of hydrogen-bond donors (Lipinski definition) is 1. The van der Waals surface area contributed by atoms with Gasteiger partial charge >= 0.3 is 0 Å². The predicted molar refractivity (Wildman–Crippen MR) is 99.7 cm³/mol. The largest absolute Gasteiger partial charge is 0.339 e. The number of aromatic nitrogens is 3. The fourth-order valence-corrected chi connectivity index (χ4v) is 3.57. The van der Waals surface area contributed by atoms with Crippen molar-refractivity contribution in [3.8, 4) is 5.69 Å². The highest BCUT2D eigenvalue weighted by Crippen LogP contribution is 2.34. The summed E-state index contributed by atoms with van der Waals surface area (Å²) >= 11 is 0. The Morgan fingerprint density at radius 3 is 2.68 bits per heavy atom. The van der Waals surface area contributed by atoms with E-state index < -0.39 is 0 Å². The zero-order valence-corrected chi connectivity index (χ0v) is 15.5. The maximum atomic E-state index is 12.8. The van der Waals surface area contributed by atoms with E-state index in [9.17, 15) is 4.79 Å². The molecular formula is C18H26ClN5O. The van der Waals surface area contributed by atoms with Crippen LogP contribution in [-0.4, -0.2) is 39.2 Å². The number of hydrogen-bond acceptors (Lipinski definition) is 4. The van der Waals surface area contributed by atoms with Crippen molar-refractivity contribution < 1.29 is 4.79 Å². The summed E-state index contributed by atoms with van der Waals surface area (Å²) in [6, 6.07) is 8.11.